The number of benzene rings is 1. The van der Waals surface area contributed by atoms with E-state index in [4.69, 9.17) is 14.2 Å². The van der Waals surface area contributed by atoms with Crippen LogP contribution in [-0.4, -0.2) is 120 Å². The number of hydrogen-bond acceptors (Lipinski definition) is 10. The van der Waals surface area contributed by atoms with Crippen LogP contribution in [0.5, 0.6) is 0 Å². The van der Waals surface area contributed by atoms with Crippen LogP contribution in [0.15, 0.2) is 24.5 Å². The Balaban J connectivity index is 1.22. The van der Waals surface area contributed by atoms with Crippen molar-refractivity contribution in [1.29, 1.82) is 0 Å². The summed E-state index contributed by atoms with van der Waals surface area (Å²) >= 11 is 0. The molecular formula is C27H35F3N6O6S. The highest BCUT2D eigenvalue weighted by Gasteiger charge is 2.49. The minimum Gasteiger partial charge on any atom is -0.395 e. The van der Waals surface area contributed by atoms with Gasteiger partial charge in [0, 0.05) is 54.3 Å². The molecule has 3 aliphatic rings. The minimum absolute atomic E-state index is 0.0236. The summed E-state index contributed by atoms with van der Waals surface area (Å²) in [7, 11) is 0.243. The van der Waals surface area contributed by atoms with E-state index in [1.165, 1.54) is 18.0 Å². The topological polar surface area (TPSA) is 150 Å². The van der Waals surface area contributed by atoms with Crippen LogP contribution in [0, 0.1) is 17.5 Å². The summed E-state index contributed by atoms with van der Waals surface area (Å²) in [6, 6.07) is 0.339. The molecule has 0 saturated carbocycles. The van der Waals surface area contributed by atoms with E-state index < -0.39 is 69.2 Å². The molecule has 0 aliphatic carbocycles. The molecule has 0 spiro atoms. The molecule has 3 aromatic rings. The lowest BCUT2D eigenvalue weighted by atomic mass is 9.97. The predicted octanol–water partition coefficient (Wildman–Crippen LogP) is 1.14. The van der Waals surface area contributed by atoms with E-state index in [1.807, 2.05) is 6.20 Å². The number of aromatic nitrogens is 6. The van der Waals surface area contributed by atoms with Crippen LogP contribution in [0.4, 0.5) is 13.2 Å². The second-order valence-corrected chi connectivity index (χ2v) is 13.9. The Kier molecular flexibility index (Phi) is 9.05. The van der Waals surface area contributed by atoms with Crippen LogP contribution in [0.1, 0.15) is 36.5 Å². The average Bonchev–Trinajstić information content (AvgIpc) is 3.71. The highest BCUT2D eigenvalue weighted by Crippen LogP contribution is 2.51. The third kappa shape index (κ3) is 5.81. The van der Waals surface area contributed by atoms with Gasteiger partial charge in [-0.05, 0) is 25.0 Å². The Hall–Kier alpha value is -2.60. The van der Waals surface area contributed by atoms with Crippen LogP contribution in [-0.2, 0) is 14.2 Å². The van der Waals surface area contributed by atoms with Crippen LogP contribution < -0.4 is 0 Å². The number of aliphatic hydroxyl groups is 3. The molecular weight excluding hydrogens is 593 g/mol. The number of nitrogens with zero attached hydrogens (tertiary/aromatic N) is 6. The summed E-state index contributed by atoms with van der Waals surface area (Å²) < 4.78 is 61.3. The zero-order chi connectivity index (χ0) is 30.2. The van der Waals surface area contributed by atoms with Crippen LogP contribution >= 0.6 is 10.9 Å². The second kappa shape index (κ2) is 12.8. The summed E-state index contributed by atoms with van der Waals surface area (Å²) in [5.41, 5.74) is 0.898. The lowest BCUT2D eigenvalue weighted by Gasteiger charge is -2.51. The quantitative estimate of drug-likeness (QED) is 0.222. The SMILES string of the molecule is CO[C@H]1C[SH]([C@@H]2COC[C@H](n3cc(C4CCOCC4)nn3)[C@H]2O)[C@H](CO)[C@H](O)[C@@H]1n1cc(-c2cc(F)c(F)c(F)c2)nn1. The van der Waals surface area contributed by atoms with Gasteiger partial charge in [0.2, 0.25) is 0 Å². The molecule has 43 heavy (non-hydrogen) atoms. The standard InChI is InChI=1S/C27H35F3N6O6S/c1-40-21-13-43(23-12-42-11-20(26(23)38)35-8-18(31-33-35)14-2-4-41-5-3-14)22(10-37)27(39)25(21)36-9-19(32-34-36)15-6-16(28)24(30)17(29)7-15/h6-9,14,20-23,25-27,37-39,43H,2-5,10-13H2,1H3/t20-,21-,22+,23+,25+,26+,27-/m0/s1. The van der Waals surface area contributed by atoms with Crippen molar-refractivity contribution in [1.82, 2.24) is 30.0 Å². The summed E-state index contributed by atoms with van der Waals surface area (Å²) in [5.74, 6) is -3.66. The third-order valence-corrected chi connectivity index (χ3v) is 12.2. The molecule has 236 valence electrons. The largest absolute Gasteiger partial charge is 0.395 e. The maximum Gasteiger partial charge on any atom is 0.194 e. The molecule has 6 rings (SSSR count). The van der Waals surface area contributed by atoms with Gasteiger partial charge in [0.25, 0.3) is 0 Å². The Bertz CT molecular complexity index is 1390. The Labute approximate surface area is 248 Å². The number of hydrogen-bond donors (Lipinski definition) is 4. The summed E-state index contributed by atoms with van der Waals surface area (Å²) in [6.07, 6.45) is 2.33. The molecule has 5 heterocycles. The average molecular weight is 629 g/mol. The molecule has 3 aliphatic heterocycles. The van der Waals surface area contributed by atoms with Crippen molar-refractivity contribution < 1.29 is 42.7 Å². The molecule has 12 nitrogen and oxygen atoms in total. The lowest BCUT2D eigenvalue weighted by molar-refractivity contribution is -0.0339. The van der Waals surface area contributed by atoms with Crippen molar-refractivity contribution in [2.45, 2.75) is 59.7 Å². The number of thiol groups is 1. The molecule has 2 aromatic heterocycles. The van der Waals surface area contributed by atoms with E-state index in [9.17, 15) is 28.5 Å². The lowest BCUT2D eigenvalue weighted by Crippen LogP contribution is -2.55. The van der Waals surface area contributed by atoms with Crippen molar-refractivity contribution in [3.05, 3.63) is 47.7 Å². The zero-order valence-electron chi connectivity index (χ0n) is 23.4. The summed E-state index contributed by atoms with van der Waals surface area (Å²) in [5, 5.41) is 49.3. The van der Waals surface area contributed by atoms with Crippen molar-refractivity contribution in [3.8, 4) is 11.3 Å². The fourth-order valence-electron chi connectivity index (χ4n) is 6.41. The van der Waals surface area contributed by atoms with E-state index in [0.29, 0.717) is 19.0 Å². The Morgan fingerprint density at radius 2 is 1.70 bits per heavy atom. The van der Waals surface area contributed by atoms with Crippen LogP contribution in [0.2, 0.25) is 0 Å². The van der Waals surface area contributed by atoms with E-state index in [2.05, 4.69) is 20.6 Å². The monoisotopic (exact) mass is 628 g/mol. The van der Waals surface area contributed by atoms with Crippen molar-refractivity contribution in [2.24, 2.45) is 0 Å². The zero-order valence-corrected chi connectivity index (χ0v) is 24.3. The summed E-state index contributed by atoms with van der Waals surface area (Å²) in [6.45, 7) is 1.47. The van der Waals surface area contributed by atoms with Gasteiger partial charge in [-0.1, -0.05) is 10.4 Å². The maximum atomic E-state index is 13.8. The first-order valence-corrected chi connectivity index (χ1v) is 15.9. The van der Waals surface area contributed by atoms with Gasteiger partial charge in [0.05, 0.1) is 50.0 Å². The van der Waals surface area contributed by atoms with Crippen LogP contribution in [0.25, 0.3) is 11.3 Å². The van der Waals surface area contributed by atoms with Crippen molar-refractivity contribution >= 4 is 10.9 Å². The van der Waals surface area contributed by atoms with Gasteiger partial charge in [-0.3, -0.25) is 0 Å². The van der Waals surface area contributed by atoms with Gasteiger partial charge in [0.1, 0.15) is 17.8 Å². The van der Waals surface area contributed by atoms with Crippen molar-refractivity contribution in [2.75, 3.05) is 45.9 Å². The fourth-order valence-corrected chi connectivity index (χ4v) is 9.89. The first-order chi connectivity index (χ1) is 20.8. The first kappa shape index (κ1) is 30.4. The van der Waals surface area contributed by atoms with Crippen molar-refractivity contribution in [3.63, 3.8) is 0 Å². The normalized spacial score (nSPS) is 33.1. The predicted molar refractivity (Wildman–Crippen MR) is 148 cm³/mol. The van der Waals surface area contributed by atoms with Gasteiger partial charge in [0.15, 0.2) is 17.5 Å². The van der Waals surface area contributed by atoms with Gasteiger partial charge < -0.3 is 29.5 Å². The molecule has 16 heteroatoms. The molecule has 8 atom stereocenters. The minimum atomic E-state index is -1.59. The third-order valence-electron chi connectivity index (χ3n) is 8.83. The van der Waals surface area contributed by atoms with Gasteiger partial charge in [-0.15, -0.1) is 10.2 Å². The molecule has 3 fully saturated rings. The highest BCUT2D eigenvalue weighted by molar-refractivity contribution is 8.18. The Morgan fingerprint density at radius 1 is 0.977 bits per heavy atom. The van der Waals surface area contributed by atoms with Crippen LogP contribution in [0.3, 0.4) is 0 Å². The smallest absolute Gasteiger partial charge is 0.194 e. The molecule has 3 N–H and O–H groups in total. The number of halogens is 3. The van der Waals surface area contributed by atoms with Gasteiger partial charge >= 0.3 is 0 Å². The molecule has 0 radical (unpaired) electrons. The Morgan fingerprint density at radius 3 is 2.40 bits per heavy atom. The van der Waals surface area contributed by atoms with Gasteiger partial charge in [-0.2, -0.15) is 0 Å². The highest BCUT2D eigenvalue weighted by atomic mass is 32.2. The van der Waals surface area contributed by atoms with E-state index >= 15 is 0 Å². The van der Waals surface area contributed by atoms with Gasteiger partial charge in [-0.25, -0.2) is 33.4 Å². The number of rotatable bonds is 7. The second-order valence-electron chi connectivity index (χ2n) is 11.2. The van der Waals surface area contributed by atoms with E-state index in [0.717, 1.165) is 30.7 Å². The number of aliphatic hydroxyl groups excluding tert-OH is 3. The number of methoxy groups -OCH3 is 1. The molecule has 0 bridgehead atoms. The first-order valence-electron chi connectivity index (χ1n) is 14.2. The van der Waals surface area contributed by atoms with E-state index in [1.54, 1.807) is 4.68 Å². The molecule has 1 aromatic carbocycles. The molecule has 1 unspecified atom stereocenters. The molecule has 3 saturated heterocycles. The fraction of sp³-hybridized carbons (Fsp3) is 0.630. The summed E-state index contributed by atoms with van der Waals surface area (Å²) in [4.78, 5) is 0. The molecule has 0 amide bonds. The van der Waals surface area contributed by atoms with E-state index in [-0.39, 0.29) is 37.0 Å². The maximum absolute atomic E-state index is 13.8. The number of ether oxygens (including phenoxy) is 3.